The first-order chi connectivity index (χ1) is 10.1. The smallest absolute Gasteiger partial charge is 0.314 e. The molecular formula is C18H21NO2. The largest absolute Gasteiger partial charge is 0.426 e. The Bertz CT molecular complexity index is 605. The van der Waals surface area contributed by atoms with Crippen LogP contribution in [0.5, 0.6) is 5.75 Å². The lowest BCUT2D eigenvalue weighted by molar-refractivity contribution is -0.139. The van der Waals surface area contributed by atoms with Crippen LogP contribution in [0.1, 0.15) is 24.5 Å². The summed E-state index contributed by atoms with van der Waals surface area (Å²) in [5, 5.41) is 0. The molecule has 2 rings (SSSR count). The highest BCUT2D eigenvalue weighted by Crippen LogP contribution is 2.20. The fraction of sp³-hybridized carbons (Fsp3) is 0.278. The molecule has 0 fully saturated rings. The third-order valence-corrected chi connectivity index (χ3v) is 3.59. The predicted octanol–water partition coefficient (Wildman–Crippen LogP) is 3.75. The molecule has 1 unspecified atom stereocenters. The van der Waals surface area contributed by atoms with Crippen LogP contribution in [-0.4, -0.2) is 5.97 Å². The molecule has 0 spiro atoms. The fourth-order valence-corrected chi connectivity index (χ4v) is 2.20. The van der Waals surface area contributed by atoms with E-state index in [0.717, 1.165) is 23.2 Å². The van der Waals surface area contributed by atoms with Gasteiger partial charge < -0.3 is 10.5 Å². The summed E-state index contributed by atoms with van der Waals surface area (Å²) in [5.41, 5.74) is 8.47. The molecule has 2 aromatic carbocycles. The van der Waals surface area contributed by atoms with Gasteiger partial charge in [0.1, 0.15) is 5.75 Å². The zero-order chi connectivity index (χ0) is 15.2. The second-order valence-electron chi connectivity index (χ2n) is 5.24. The van der Waals surface area contributed by atoms with Crippen LogP contribution in [0, 0.1) is 12.8 Å². The maximum atomic E-state index is 12.3. The van der Waals surface area contributed by atoms with Gasteiger partial charge in [0.05, 0.1) is 5.92 Å². The molecule has 110 valence electrons. The summed E-state index contributed by atoms with van der Waals surface area (Å²) >= 11 is 0. The van der Waals surface area contributed by atoms with E-state index in [1.165, 1.54) is 0 Å². The first-order valence-electron chi connectivity index (χ1n) is 7.22. The average Bonchev–Trinajstić information content (AvgIpc) is 2.49. The minimum atomic E-state index is -0.177. The van der Waals surface area contributed by atoms with Crippen molar-refractivity contribution in [1.29, 1.82) is 0 Å². The van der Waals surface area contributed by atoms with Crippen LogP contribution in [0.2, 0.25) is 0 Å². The Kier molecular flexibility index (Phi) is 4.99. The number of ether oxygens (including phenoxy) is 1. The first-order valence-corrected chi connectivity index (χ1v) is 7.22. The summed E-state index contributed by atoms with van der Waals surface area (Å²) in [6.45, 7) is 3.94. The Hall–Kier alpha value is -2.29. The first kappa shape index (κ1) is 15.1. The Balaban J connectivity index is 2.05. The number of carbonyl (C=O) groups is 1. The van der Waals surface area contributed by atoms with E-state index < -0.39 is 0 Å². The maximum absolute atomic E-state index is 12.3. The number of esters is 1. The van der Waals surface area contributed by atoms with Crippen molar-refractivity contribution >= 4 is 11.7 Å². The minimum Gasteiger partial charge on any atom is -0.426 e. The molecular weight excluding hydrogens is 262 g/mol. The van der Waals surface area contributed by atoms with Crippen LogP contribution < -0.4 is 10.5 Å². The monoisotopic (exact) mass is 283 g/mol. The van der Waals surface area contributed by atoms with Crippen LogP contribution in [0.4, 0.5) is 5.69 Å². The van der Waals surface area contributed by atoms with Crippen molar-refractivity contribution in [2.75, 3.05) is 5.73 Å². The summed E-state index contributed by atoms with van der Waals surface area (Å²) < 4.78 is 5.53. The molecule has 3 heteroatoms. The Morgan fingerprint density at radius 2 is 1.81 bits per heavy atom. The molecule has 0 bridgehead atoms. The molecule has 0 aromatic heterocycles. The normalized spacial score (nSPS) is 11.9. The highest BCUT2D eigenvalue weighted by atomic mass is 16.5. The number of aryl methyl sites for hydroxylation is 1. The van der Waals surface area contributed by atoms with Gasteiger partial charge in [0, 0.05) is 5.69 Å². The number of para-hydroxylation sites is 1. The number of nitrogen functional groups attached to an aromatic ring is 1. The number of hydrogen-bond donors (Lipinski definition) is 1. The van der Waals surface area contributed by atoms with Crippen LogP contribution in [0.15, 0.2) is 48.5 Å². The Morgan fingerprint density at radius 1 is 1.14 bits per heavy atom. The predicted molar refractivity (Wildman–Crippen MR) is 85.2 cm³/mol. The van der Waals surface area contributed by atoms with E-state index in [4.69, 9.17) is 10.5 Å². The summed E-state index contributed by atoms with van der Waals surface area (Å²) in [5.74, 6) is 0.315. The molecule has 2 aromatic rings. The molecule has 0 saturated heterocycles. The number of anilines is 1. The Labute approximate surface area is 125 Å². The molecule has 21 heavy (non-hydrogen) atoms. The second-order valence-corrected chi connectivity index (χ2v) is 5.24. The highest BCUT2D eigenvalue weighted by Gasteiger charge is 2.19. The zero-order valence-corrected chi connectivity index (χ0v) is 12.5. The minimum absolute atomic E-state index is 0.145. The van der Waals surface area contributed by atoms with Gasteiger partial charge in [-0.05, 0) is 49.1 Å². The fourth-order valence-electron chi connectivity index (χ4n) is 2.20. The number of hydrogen-bond acceptors (Lipinski definition) is 3. The average molecular weight is 283 g/mol. The van der Waals surface area contributed by atoms with E-state index >= 15 is 0 Å². The van der Waals surface area contributed by atoms with Gasteiger partial charge in [-0.25, -0.2) is 0 Å². The van der Waals surface area contributed by atoms with Gasteiger partial charge in [-0.2, -0.15) is 0 Å². The molecule has 0 aliphatic heterocycles. The van der Waals surface area contributed by atoms with Crippen molar-refractivity contribution in [3.63, 3.8) is 0 Å². The van der Waals surface area contributed by atoms with Gasteiger partial charge in [-0.3, -0.25) is 4.79 Å². The lowest BCUT2D eigenvalue weighted by atomic mass is 9.97. The van der Waals surface area contributed by atoms with Gasteiger partial charge in [-0.15, -0.1) is 0 Å². The molecule has 0 heterocycles. The quantitative estimate of drug-likeness (QED) is 0.516. The van der Waals surface area contributed by atoms with Crippen molar-refractivity contribution < 1.29 is 9.53 Å². The number of carbonyl (C=O) groups excluding carboxylic acids is 1. The standard InChI is InChI=1S/C18H21NO2/c1-3-15(12-14-8-10-16(19)11-9-14)18(20)21-17-7-5-4-6-13(17)2/h4-11,15H,3,12,19H2,1-2H3. The second kappa shape index (κ2) is 6.93. The van der Waals surface area contributed by atoms with Crippen molar-refractivity contribution in [3.05, 3.63) is 59.7 Å². The third kappa shape index (κ3) is 4.09. The molecule has 0 aliphatic carbocycles. The van der Waals surface area contributed by atoms with Gasteiger partial charge >= 0.3 is 5.97 Å². The lowest BCUT2D eigenvalue weighted by Crippen LogP contribution is -2.22. The van der Waals surface area contributed by atoms with Crippen molar-refractivity contribution in [1.82, 2.24) is 0 Å². The molecule has 0 radical (unpaired) electrons. The third-order valence-electron chi connectivity index (χ3n) is 3.59. The van der Waals surface area contributed by atoms with Crippen molar-refractivity contribution in [2.24, 2.45) is 5.92 Å². The van der Waals surface area contributed by atoms with Crippen molar-refractivity contribution in [3.8, 4) is 5.75 Å². The van der Waals surface area contributed by atoms with Crippen LogP contribution in [0.3, 0.4) is 0 Å². The molecule has 0 amide bonds. The van der Waals surface area contributed by atoms with Crippen LogP contribution in [0.25, 0.3) is 0 Å². The highest BCUT2D eigenvalue weighted by molar-refractivity contribution is 5.75. The number of rotatable bonds is 5. The zero-order valence-electron chi connectivity index (χ0n) is 12.5. The lowest BCUT2D eigenvalue weighted by Gasteiger charge is -2.15. The summed E-state index contributed by atoms with van der Waals surface area (Å²) in [4.78, 5) is 12.3. The number of benzene rings is 2. The Morgan fingerprint density at radius 3 is 2.43 bits per heavy atom. The number of nitrogens with two attached hydrogens (primary N) is 1. The molecule has 3 nitrogen and oxygen atoms in total. The van der Waals surface area contributed by atoms with Crippen molar-refractivity contribution in [2.45, 2.75) is 26.7 Å². The SMILES string of the molecule is CCC(Cc1ccc(N)cc1)C(=O)Oc1ccccc1C. The summed E-state index contributed by atoms with van der Waals surface area (Å²) in [6.07, 6.45) is 1.41. The van der Waals surface area contributed by atoms with E-state index in [2.05, 4.69) is 0 Å². The van der Waals surface area contributed by atoms with Gasteiger partial charge in [0.15, 0.2) is 0 Å². The molecule has 0 aliphatic rings. The van der Waals surface area contributed by atoms with Crippen LogP contribution >= 0.6 is 0 Å². The van der Waals surface area contributed by atoms with Gasteiger partial charge in [-0.1, -0.05) is 37.3 Å². The van der Waals surface area contributed by atoms with E-state index in [1.54, 1.807) is 0 Å². The van der Waals surface area contributed by atoms with Crippen LogP contribution in [-0.2, 0) is 11.2 Å². The maximum Gasteiger partial charge on any atom is 0.314 e. The summed E-state index contributed by atoms with van der Waals surface area (Å²) in [6, 6.07) is 15.2. The molecule has 2 N–H and O–H groups in total. The van der Waals surface area contributed by atoms with E-state index in [9.17, 15) is 4.79 Å². The molecule has 1 atom stereocenters. The summed E-state index contributed by atoms with van der Waals surface area (Å²) in [7, 11) is 0. The van der Waals surface area contributed by atoms with E-state index in [1.807, 2.05) is 62.4 Å². The molecule has 0 saturated carbocycles. The van der Waals surface area contributed by atoms with Gasteiger partial charge in [0.2, 0.25) is 0 Å². The van der Waals surface area contributed by atoms with E-state index in [-0.39, 0.29) is 11.9 Å². The topological polar surface area (TPSA) is 52.3 Å². The van der Waals surface area contributed by atoms with E-state index in [0.29, 0.717) is 12.2 Å². The van der Waals surface area contributed by atoms with Gasteiger partial charge in [0.25, 0.3) is 0 Å².